The molecule has 0 aliphatic carbocycles. The second-order valence-electron chi connectivity index (χ2n) is 2.67. The van der Waals surface area contributed by atoms with Crippen LogP contribution in [0.4, 0.5) is 8.78 Å². The zero-order chi connectivity index (χ0) is 10.6. The molecular formula is C8H9ClF2N2O. The molecule has 0 aromatic carbocycles. The van der Waals surface area contributed by atoms with Crippen LogP contribution in [0, 0.1) is 0 Å². The Morgan fingerprint density at radius 3 is 2.50 bits per heavy atom. The van der Waals surface area contributed by atoms with E-state index in [0.717, 1.165) is 0 Å². The molecule has 0 atom stereocenters. The molecule has 1 aromatic rings. The van der Waals surface area contributed by atoms with Gasteiger partial charge in [0.05, 0.1) is 0 Å². The first-order valence-corrected chi connectivity index (χ1v) is 4.34. The van der Waals surface area contributed by atoms with Crippen molar-refractivity contribution in [2.75, 3.05) is 6.54 Å². The van der Waals surface area contributed by atoms with E-state index in [1.54, 1.807) is 29.1 Å². The summed E-state index contributed by atoms with van der Waals surface area (Å²) in [6.07, 6.45) is 3.54. The highest BCUT2D eigenvalue weighted by Crippen LogP contribution is 2.17. The minimum atomic E-state index is -3.82. The zero-order valence-electron chi connectivity index (χ0n) is 7.21. The van der Waals surface area contributed by atoms with Gasteiger partial charge in [-0.15, -0.1) is 0 Å². The molecule has 1 rings (SSSR count). The minimum Gasteiger partial charge on any atom is -0.353 e. The maximum Gasteiger partial charge on any atom is 0.399 e. The van der Waals surface area contributed by atoms with Crippen LogP contribution >= 0.6 is 11.6 Å². The van der Waals surface area contributed by atoms with E-state index in [1.807, 2.05) is 5.32 Å². The number of hydrogen-bond acceptors (Lipinski definition) is 1. The van der Waals surface area contributed by atoms with Crippen molar-refractivity contribution in [2.24, 2.45) is 0 Å². The Kier molecular flexibility index (Phi) is 3.46. The van der Waals surface area contributed by atoms with Gasteiger partial charge in [-0.05, 0) is 23.7 Å². The van der Waals surface area contributed by atoms with Crippen LogP contribution in [0.5, 0.6) is 0 Å². The number of carbonyl (C=O) groups is 1. The SMILES string of the molecule is O=C(NCCn1cccc1)C(F)(F)Cl. The van der Waals surface area contributed by atoms with Crippen molar-refractivity contribution < 1.29 is 13.6 Å². The van der Waals surface area contributed by atoms with E-state index in [2.05, 4.69) is 11.6 Å². The molecule has 0 aliphatic rings. The smallest absolute Gasteiger partial charge is 0.353 e. The molecule has 1 amide bonds. The first-order valence-electron chi connectivity index (χ1n) is 3.96. The molecule has 14 heavy (non-hydrogen) atoms. The van der Waals surface area contributed by atoms with Gasteiger partial charge in [-0.2, -0.15) is 8.78 Å². The fourth-order valence-corrected chi connectivity index (χ4v) is 0.985. The summed E-state index contributed by atoms with van der Waals surface area (Å²) in [5.41, 5.74) is 0. The lowest BCUT2D eigenvalue weighted by Gasteiger charge is -2.09. The zero-order valence-corrected chi connectivity index (χ0v) is 7.97. The van der Waals surface area contributed by atoms with Gasteiger partial charge in [0.15, 0.2) is 0 Å². The van der Waals surface area contributed by atoms with Crippen LogP contribution in [0.3, 0.4) is 0 Å². The molecule has 1 heterocycles. The summed E-state index contributed by atoms with van der Waals surface area (Å²) in [7, 11) is 0. The average Bonchev–Trinajstić information content (AvgIpc) is 2.55. The summed E-state index contributed by atoms with van der Waals surface area (Å²) in [5.74, 6) is -1.47. The normalized spacial score (nSPS) is 11.4. The topological polar surface area (TPSA) is 34.0 Å². The lowest BCUT2D eigenvalue weighted by atomic mass is 10.5. The number of nitrogens with one attached hydrogen (secondary N) is 1. The van der Waals surface area contributed by atoms with Gasteiger partial charge in [0, 0.05) is 25.5 Å². The van der Waals surface area contributed by atoms with Gasteiger partial charge in [-0.3, -0.25) is 4.79 Å². The summed E-state index contributed by atoms with van der Waals surface area (Å²) < 4.78 is 26.0. The maximum absolute atomic E-state index is 12.1. The molecule has 1 aromatic heterocycles. The third kappa shape index (κ3) is 3.33. The summed E-state index contributed by atoms with van der Waals surface area (Å²) >= 11 is 4.49. The maximum atomic E-state index is 12.1. The predicted molar refractivity (Wildman–Crippen MR) is 48.2 cm³/mol. The molecule has 0 radical (unpaired) electrons. The van der Waals surface area contributed by atoms with Crippen molar-refractivity contribution in [1.29, 1.82) is 0 Å². The van der Waals surface area contributed by atoms with Crippen molar-refractivity contribution in [2.45, 2.75) is 11.9 Å². The third-order valence-electron chi connectivity index (χ3n) is 1.58. The molecule has 1 N–H and O–H groups in total. The van der Waals surface area contributed by atoms with Gasteiger partial charge in [-0.25, -0.2) is 0 Å². The highest BCUT2D eigenvalue weighted by atomic mass is 35.5. The lowest BCUT2D eigenvalue weighted by Crippen LogP contribution is -2.37. The monoisotopic (exact) mass is 222 g/mol. The molecule has 0 saturated heterocycles. The summed E-state index contributed by atoms with van der Waals surface area (Å²) in [6.45, 7) is 0.557. The van der Waals surface area contributed by atoms with Gasteiger partial charge in [0.1, 0.15) is 0 Å². The van der Waals surface area contributed by atoms with Gasteiger partial charge in [0.25, 0.3) is 0 Å². The molecule has 3 nitrogen and oxygen atoms in total. The predicted octanol–water partition coefficient (Wildman–Crippen LogP) is 1.44. The Hall–Kier alpha value is -1.10. The first kappa shape index (κ1) is 11.0. The Labute approximate surface area is 84.7 Å². The quantitative estimate of drug-likeness (QED) is 0.769. The second-order valence-corrected chi connectivity index (χ2v) is 3.15. The highest BCUT2D eigenvalue weighted by Gasteiger charge is 2.35. The van der Waals surface area contributed by atoms with Crippen LogP contribution in [0.2, 0.25) is 0 Å². The van der Waals surface area contributed by atoms with Crippen LogP contribution < -0.4 is 5.32 Å². The molecule has 0 aliphatic heterocycles. The molecule has 0 fully saturated rings. The van der Waals surface area contributed by atoms with Crippen LogP contribution in [-0.2, 0) is 11.3 Å². The molecule has 6 heteroatoms. The Bertz CT molecular complexity index is 295. The standard InChI is InChI=1S/C8H9ClF2N2O/c9-8(10,11)7(14)12-3-6-13-4-1-2-5-13/h1-2,4-5H,3,6H2,(H,12,14). The number of nitrogens with zero attached hydrogens (tertiary/aromatic N) is 1. The van der Waals surface area contributed by atoms with Crippen LogP contribution in [-0.4, -0.2) is 22.4 Å². The van der Waals surface area contributed by atoms with Gasteiger partial charge in [0.2, 0.25) is 0 Å². The highest BCUT2D eigenvalue weighted by molar-refractivity contribution is 6.32. The van der Waals surface area contributed by atoms with E-state index in [1.165, 1.54) is 0 Å². The number of alkyl halides is 3. The summed E-state index contributed by atoms with van der Waals surface area (Å²) in [4.78, 5) is 10.6. The molecule has 0 saturated carbocycles. The third-order valence-corrected chi connectivity index (χ3v) is 1.75. The summed E-state index contributed by atoms with van der Waals surface area (Å²) in [6, 6.07) is 3.61. The van der Waals surface area contributed by atoms with Gasteiger partial charge < -0.3 is 9.88 Å². The van der Waals surface area contributed by atoms with Crippen molar-refractivity contribution >= 4 is 17.5 Å². The Morgan fingerprint density at radius 2 is 2.00 bits per heavy atom. The number of amides is 1. The van der Waals surface area contributed by atoms with Gasteiger partial charge >= 0.3 is 11.3 Å². The second kappa shape index (κ2) is 4.41. The largest absolute Gasteiger partial charge is 0.399 e. The number of aromatic nitrogens is 1. The fraction of sp³-hybridized carbons (Fsp3) is 0.375. The number of rotatable bonds is 4. The fourth-order valence-electron chi connectivity index (χ4n) is 0.918. The number of halogens is 3. The average molecular weight is 223 g/mol. The van der Waals surface area contributed by atoms with Crippen LogP contribution in [0.25, 0.3) is 0 Å². The van der Waals surface area contributed by atoms with Crippen LogP contribution in [0.15, 0.2) is 24.5 Å². The van der Waals surface area contributed by atoms with E-state index in [0.29, 0.717) is 6.54 Å². The van der Waals surface area contributed by atoms with E-state index >= 15 is 0 Å². The van der Waals surface area contributed by atoms with Crippen molar-refractivity contribution in [1.82, 2.24) is 9.88 Å². The minimum absolute atomic E-state index is 0.121. The molecule has 78 valence electrons. The van der Waals surface area contributed by atoms with Crippen LogP contribution in [0.1, 0.15) is 0 Å². The Balaban J connectivity index is 2.26. The summed E-state index contributed by atoms with van der Waals surface area (Å²) in [5, 5.41) is -1.80. The molecule has 0 spiro atoms. The number of hydrogen-bond donors (Lipinski definition) is 1. The van der Waals surface area contributed by atoms with E-state index in [-0.39, 0.29) is 6.54 Å². The lowest BCUT2D eigenvalue weighted by molar-refractivity contribution is -0.135. The van der Waals surface area contributed by atoms with E-state index < -0.39 is 11.3 Å². The Morgan fingerprint density at radius 1 is 1.43 bits per heavy atom. The van der Waals surface area contributed by atoms with E-state index in [4.69, 9.17) is 0 Å². The van der Waals surface area contributed by atoms with Crippen molar-refractivity contribution in [3.05, 3.63) is 24.5 Å². The molecule has 0 unspecified atom stereocenters. The first-order chi connectivity index (χ1) is 6.50. The molecular weight excluding hydrogens is 214 g/mol. The van der Waals surface area contributed by atoms with Crippen molar-refractivity contribution in [3.8, 4) is 0 Å². The van der Waals surface area contributed by atoms with Crippen molar-refractivity contribution in [3.63, 3.8) is 0 Å². The number of carbonyl (C=O) groups excluding carboxylic acids is 1. The molecule has 0 bridgehead atoms. The van der Waals surface area contributed by atoms with E-state index in [9.17, 15) is 13.6 Å². The van der Waals surface area contributed by atoms with Gasteiger partial charge in [-0.1, -0.05) is 0 Å².